The number of carbonyl (C=O) groups excluding carboxylic acids is 1. The summed E-state index contributed by atoms with van der Waals surface area (Å²) in [4.78, 5) is 19.7. The zero-order valence-electron chi connectivity index (χ0n) is 14.5. The van der Waals surface area contributed by atoms with Gasteiger partial charge in [-0.15, -0.1) is 0 Å². The van der Waals surface area contributed by atoms with Crippen LogP contribution in [0.3, 0.4) is 0 Å². The maximum Gasteiger partial charge on any atom is 0.166 e. The van der Waals surface area contributed by atoms with Crippen molar-refractivity contribution in [2.75, 3.05) is 25.4 Å². The number of hydrogen-bond donors (Lipinski definition) is 1. The molecule has 1 atom stereocenters. The van der Waals surface area contributed by atoms with Crippen molar-refractivity contribution in [3.8, 4) is 0 Å². The summed E-state index contributed by atoms with van der Waals surface area (Å²) in [5.41, 5.74) is 9.75. The molecule has 1 fully saturated rings. The van der Waals surface area contributed by atoms with Crippen molar-refractivity contribution in [1.82, 2.24) is 9.88 Å². The van der Waals surface area contributed by atoms with Gasteiger partial charge in [-0.1, -0.05) is 12.1 Å². The van der Waals surface area contributed by atoms with E-state index in [1.165, 1.54) is 5.56 Å². The first-order chi connectivity index (χ1) is 12.2. The van der Waals surface area contributed by atoms with E-state index in [2.05, 4.69) is 16.0 Å². The second-order valence-electron chi connectivity index (χ2n) is 7.34. The van der Waals surface area contributed by atoms with Crippen LogP contribution in [0.15, 0.2) is 42.6 Å². The van der Waals surface area contributed by atoms with Crippen molar-refractivity contribution < 1.29 is 4.79 Å². The highest BCUT2D eigenvalue weighted by atomic mass is 16.1. The monoisotopic (exact) mass is 335 g/mol. The SMILES string of the molecule is Nc1ccc2c(c1)C(=O)C(C1CCN(CCc3ccccn3)CC1)C2. The quantitative estimate of drug-likeness (QED) is 0.873. The molecule has 2 aliphatic rings. The second-order valence-corrected chi connectivity index (χ2v) is 7.34. The van der Waals surface area contributed by atoms with Gasteiger partial charge in [-0.3, -0.25) is 9.78 Å². The van der Waals surface area contributed by atoms with Crippen LogP contribution in [0.5, 0.6) is 0 Å². The van der Waals surface area contributed by atoms with Crippen molar-refractivity contribution in [2.24, 2.45) is 11.8 Å². The van der Waals surface area contributed by atoms with Crippen LogP contribution >= 0.6 is 0 Å². The summed E-state index contributed by atoms with van der Waals surface area (Å²) in [5.74, 6) is 0.983. The predicted molar refractivity (Wildman–Crippen MR) is 99.5 cm³/mol. The third-order valence-electron chi connectivity index (χ3n) is 5.79. The van der Waals surface area contributed by atoms with Gasteiger partial charge in [0, 0.05) is 42.0 Å². The van der Waals surface area contributed by atoms with E-state index in [1.54, 1.807) is 0 Å². The van der Waals surface area contributed by atoms with Gasteiger partial charge >= 0.3 is 0 Å². The molecule has 4 nitrogen and oxygen atoms in total. The predicted octanol–water partition coefficient (Wildman–Crippen LogP) is 2.97. The average Bonchev–Trinajstić information content (AvgIpc) is 2.98. The first-order valence-electron chi connectivity index (χ1n) is 9.25. The van der Waals surface area contributed by atoms with Gasteiger partial charge in [0.15, 0.2) is 5.78 Å². The van der Waals surface area contributed by atoms with Crippen molar-refractivity contribution in [2.45, 2.75) is 25.7 Å². The maximum absolute atomic E-state index is 12.8. The fraction of sp³-hybridized carbons (Fsp3) is 0.429. The molecule has 1 aliphatic carbocycles. The van der Waals surface area contributed by atoms with Gasteiger partial charge < -0.3 is 10.6 Å². The van der Waals surface area contributed by atoms with Crippen molar-refractivity contribution in [1.29, 1.82) is 0 Å². The van der Waals surface area contributed by atoms with E-state index in [4.69, 9.17) is 5.73 Å². The molecule has 0 saturated carbocycles. The molecule has 4 heteroatoms. The number of rotatable bonds is 4. The molecule has 0 bridgehead atoms. The minimum atomic E-state index is 0.162. The van der Waals surface area contributed by atoms with E-state index in [0.29, 0.717) is 17.4 Å². The van der Waals surface area contributed by atoms with E-state index >= 15 is 0 Å². The minimum absolute atomic E-state index is 0.162. The summed E-state index contributed by atoms with van der Waals surface area (Å²) in [6.45, 7) is 3.22. The Bertz CT molecular complexity index is 751. The third kappa shape index (κ3) is 3.45. The molecule has 1 aromatic heterocycles. The molecular weight excluding hydrogens is 310 g/mol. The van der Waals surface area contributed by atoms with Gasteiger partial charge in [-0.25, -0.2) is 0 Å². The first kappa shape index (κ1) is 16.3. The average molecular weight is 335 g/mol. The normalized spacial score (nSPS) is 21.4. The summed E-state index contributed by atoms with van der Waals surface area (Å²) in [5, 5.41) is 0. The standard InChI is InChI=1S/C21H25N3O/c22-17-5-4-16-13-19(21(25)20(16)14-17)15-6-10-24(11-7-15)12-8-18-3-1-2-9-23-18/h1-5,9,14-15,19H,6-8,10-13,22H2. The molecule has 1 unspecified atom stereocenters. The number of fused-ring (bicyclic) bond motifs is 1. The van der Waals surface area contributed by atoms with Crippen LogP contribution in [0.25, 0.3) is 0 Å². The number of benzene rings is 1. The van der Waals surface area contributed by atoms with Crippen LogP contribution in [0, 0.1) is 11.8 Å². The number of nitrogens with zero attached hydrogens (tertiary/aromatic N) is 2. The number of likely N-dealkylation sites (tertiary alicyclic amines) is 1. The topological polar surface area (TPSA) is 59.2 Å². The van der Waals surface area contributed by atoms with Gasteiger partial charge in [0.1, 0.15) is 0 Å². The van der Waals surface area contributed by atoms with Gasteiger partial charge in [-0.2, -0.15) is 0 Å². The first-order valence-corrected chi connectivity index (χ1v) is 9.25. The van der Waals surface area contributed by atoms with Crippen LogP contribution in [0.1, 0.15) is 34.5 Å². The molecule has 2 N–H and O–H groups in total. The Kier molecular flexibility index (Phi) is 4.53. The number of carbonyl (C=O) groups is 1. The molecule has 2 heterocycles. The lowest BCUT2D eigenvalue weighted by atomic mass is 9.82. The molecular formula is C21H25N3O. The highest BCUT2D eigenvalue weighted by molar-refractivity contribution is 6.03. The molecule has 130 valence electrons. The molecule has 2 aromatic rings. The Balaban J connectivity index is 1.31. The van der Waals surface area contributed by atoms with E-state index in [-0.39, 0.29) is 5.92 Å². The number of nitrogen functional groups attached to an aromatic ring is 1. The summed E-state index contributed by atoms with van der Waals surface area (Å²) < 4.78 is 0. The Morgan fingerprint density at radius 3 is 2.76 bits per heavy atom. The van der Waals surface area contributed by atoms with E-state index in [0.717, 1.165) is 56.6 Å². The molecule has 1 aromatic carbocycles. The van der Waals surface area contributed by atoms with Gasteiger partial charge in [-0.05, 0) is 68.1 Å². The van der Waals surface area contributed by atoms with E-state index in [9.17, 15) is 4.79 Å². The number of ketones is 1. The summed E-state index contributed by atoms with van der Waals surface area (Å²) >= 11 is 0. The maximum atomic E-state index is 12.8. The van der Waals surface area contributed by atoms with Gasteiger partial charge in [0.25, 0.3) is 0 Å². The van der Waals surface area contributed by atoms with Crippen LogP contribution in [-0.4, -0.2) is 35.3 Å². The number of pyridine rings is 1. The lowest BCUT2D eigenvalue weighted by Crippen LogP contribution is -2.38. The molecule has 4 rings (SSSR count). The van der Waals surface area contributed by atoms with Gasteiger partial charge in [0.2, 0.25) is 0 Å². The Morgan fingerprint density at radius 2 is 2.00 bits per heavy atom. The number of piperidine rings is 1. The molecule has 0 radical (unpaired) electrons. The van der Waals surface area contributed by atoms with Crippen LogP contribution in [0.4, 0.5) is 5.69 Å². The van der Waals surface area contributed by atoms with E-state index in [1.807, 2.05) is 36.5 Å². The number of hydrogen-bond acceptors (Lipinski definition) is 4. The third-order valence-corrected chi connectivity index (χ3v) is 5.79. The van der Waals surface area contributed by atoms with Crippen LogP contribution in [0.2, 0.25) is 0 Å². The summed E-state index contributed by atoms with van der Waals surface area (Å²) in [6, 6.07) is 11.9. The van der Waals surface area contributed by atoms with E-state index < -0.39 is 0 Å². The Hall–Kier alpha value is -2.20. The molecule has 0 spiro atoms. The summed E-state index contributed by atoms with van der Waals surface area (Å²) in [6.07, 6.45) is 5.98. The highest BCUT2D eigenvalue weighted by Gasteiger charge is 2.37. The van der Waals surface area contributed by atoms with Gasteiger partial charge in [0.05, 0.1) is 0 Å². The molecule has 25 heavy (non-hydrogen) atoms. The number of aromatic nitrogens is 1. The number of anilines is 1. The smallest absolute Gasteiger partial charge is 0.166 e. The fourth-order valence-electron chi connectivity index (χ4n) is 4.31. The molecule has 1 saturated heterocycles. The van der Waals surface area contributed by atoms with Crippen molar-refractivity contribution >= 4 is 11.5 Å². The molecule has 1 aliphatic heterocycles. The Labute approximate surface area is 149 Å². The highest BCUT2D eigenvalue weighted by Crippen LogP contribution is 2.37. The number of nitrogens with two attached hydrogens (primary N) is 1. The Morgan fingerprint density at radius 1 is 1.16 bits per heavy atom. The second kappa shape index (κ2) is 6.96. The fourth-order valence-corrected chi connectivity index (χ4v) is 4.31. The number of Topliss-reactive ketones (excluding diaryl/α,β-unsaturated/α-hetero) is 1. The lowest BCUT2D eigenvalue weighted by molar-refractivity contribution is 0.0824. The molecule has 0 amide bonds. The van der Waals surface area contributed by atoms with Crippen LogP contribution in [-0.2, 0) is 12.8 Å². The zero-order valence-corrected chi connectivity index (χ0v) is 14.5. The largest absolute Gasteiger partial charge is 0.399 e. The van der Waals surface area contributed by atoms with Crippen LogP contribution < -0.4 is 5.73 Å². The lowest BCUT2D eigenvalue weighted by Gasteiger charge is -2.34. The zero-order chi connectivity index (χ0) is 17.2. The summed E-state index contributed by atoms with van der Waals surface area (Å²) in [7, 11) is 0. The van der Waals surface area contributed by atoms with Crippen molar-refractivity contribution in [3.63, 3.8) is 0 Å². The minimum Gasteiger partial charge on any atom is -0.399 e. The van der Waals surface area contributed by atoms with Crippen molar-refractivity contribution in [3.05, 3.63) is 59.4 Å².